The van der Waals surface area contributed by atoms with Gasteiger partial charge in [-0.1, -0.05) is 0 Å². The van der Waals surface area contributed by atoms with Gasteiger partial charge in [0.25, 0.3) is 0 Å². The number of nitrogens with two attached hydrogens (primary N) is 1. The van der Waals surface area contributed by atoms with E-state index < -0.39 is 6.10 Å². The molecule has 1 aliphatic heterocycles. The Morgan fingerprint density at radius 2 is 2.33 bits per heavy atom. The fourth-order valence-corrected chi connectivity index (χ4v) is 0.767. The third-order valence-electron chi connectivity index (χ3n) is 1.47. The molecule has 0 amide bonds. The third-order valence-corrected chi connectivity index (χ3v) is 1.47. The standard InChI is InChI=1S/C6H11NO2/c1-4-6(8)5(7)2-3-9-4/h2-6,8H,7H2,1H3/t4-,5-,6-/m1/s1. The number of ether oxygens (including phenoxy) is 1. The number of hydrogen-bond donors (Lipinski definition) is 2. The Labute approximate surface area is 54.1 Å². The topological polar surface area (TPSA) is 55.5 Å². The summed E-state index contributed by atoms with van der Waals surface area (Å²) in [6.45, 7) is 1.79. The maximum Gasteiger partial charge on any atom is 0.123 e. The summed E-state index contributed by atoms with van der Waals surface area (Å²) in [5, 5.41) is 9.14. The predicted molar refractivity (Wildman–Crippen MR) is 33.7 cm³/mol. The second kappa shape index (κ2) is 2.37. The van der Waals surface area contributed by atoms with Gasteiger partial charge in [-0.15, -0.1) is 0 Å². The Morgan fingerprint density at radius 3 is 2.78 bits per heavy atom. The van der Waals surface area contributed by atoms with E-state index in [4.69, 9.17) is 15.6 Å². The first kappa shape index (κ1) is 6.58. The Bertz CT molecular complexity index is 124. The molecule has 9 heavy (non-hydrogen) atoms. The molecule has 0 unspecified atom stereocenters. The van der Waals surface area contributed by atoms with E-state index in [1.54, 1.807) is 13.0 Å². The lowest BCUT2D eigenvalue weighted by atomic mass is 10.1. The molecule has 3 atom stereocenters. The molecule has 52 valence electrons. The van der Waals surface area contributed by atoms with Gasteiger partial charge >= 0.3 is 0 Å². The highest BCUT2D eigenvalue weighted by Crippen LogP contribution is 2.08. The molecule has 0 bridgehead atoms. The lowest BCUT2D eigenvalue weighted by Crippen LogP contribution is -2.43. The normalized spacial score (nSPS) is 42.3. The molecule has 3 heteroatoms. The minimum Gasteiger partial charge on any atom is -0.496 e. The maximum atomic E-state index is 9.14. The van der Waals surface area contributed by atoms with E-state index in [1.807, 2.05) is 0 Å². The molecule has 0 fully saturated rings. The fraction of sp³-hybridized carbons (Fsp3) is 0.667. The molecule has 0 spiro atoms. The van der Waals surface area contributed by atoms with Gasteiger partial charge in [0.15, 0.2) is 0 Å². The van der Waals surface area contributed by atoms with Gasteiger partial charge in [0.1, 0.15) is 12.2 Å². The molecule has 0 aliphatic carbocycles. The molecule has 0 aromatic heterocycles. The smallest absolute Gasteiger partial charge is 0.123 e. The summed E-state index contributed by atoms with van der Waals surface area (Å²) in [4.78, 5) is 0. The van der Waals surface area contributed by atoms with E-state index in [0.717, 1.165) is 0 Å². The molecule has 0 saturated carbocycles. The van der Waals surface area contributed by atoms with Crippen LogP contribution in [0.5, 0.6) is 0 Å². The van der Waals surface area contributed by atoms with Crippen molar-refractivity contribution in [3.05, 3.63) is 12.3 Å². The van der Waals surface area contributed by atoms with Crippen molar-refractivity contribution in [1.29, 1.82) is 0 Å². The monoisotopic (exact) mass is 129 g/mol. The van der Waals surface area contributed by atoms with Gasteiger partial charge in [-0.25, -0.2) is 0 Å². The summed E-state index contributed by atoms with van der Waals surface area (Å²) in [6.07, 6.45) is 2.44. The summed E-state index contributed by atoms with van der Waals surface area (Å²) >= 11 is 0. The Morgan fingerprint density at radius 1 is 1.67 bits per heavy atom. The number of aliphatic hydroxyl groups excluding tert-OH is 1. The van der Waals surface area contributed by atoms with Crippen LogP contribution in [0.25, 0.3) is 0 Å². The van der Waals surface area contributed by atoms with E-state index in [9.17, 15) is 0 Å². The molecular formula is C6H11NO2. The van der Waals surface area contributed by atoms with Gasteiger partial charge in [-0.3, -0.25) is 0 Å². The van der Waals surface area contributed by atoms with E-state index in [2.05, 4.69) is 0 Å². The van der Waals surface area contributed by atoms with Crippen molar-refractivity contribution in [3.63, 3.8) is 0 Å². The lowest BCUT2D eigenvalue weighted by molar-refractivity contribution is 0.000367. The SMILES string of the molecule is C[C@H]1OC=C[C@@H](N)[C@@H]1O. The highest BCUT2D eigenvalue weighted by Gasteiger charge is 2.23. The molecular weight excluding hydrogens is 118 g/mol. The summed E-state index contributed by atoms with van der Waals surface area (Å²) in [6, 6.07) is -0.270. The van der Waals surface area contributed by atoms with Gasteiger partial charge in [0.2, 0.25) is 0 Å². The first-order valence-corrected chi connectivity index (χ1v) is 2.97. The highest BCUT2D eigenvalue weighted by molar-refractivity contribution is 4.98. The van der Waals surface area contributed by atoms with E-state index in [1.165, 1.54) is 6.26 Å². The Balaban J connectivity index is 2.58. The molecule has 0 radical (unpaired) electrons. The fourth-order valence-electron chi connectivity index (χ4n) is 0.767. The lowest BCUT2D eigenvalue weighted by Gasteiger charge is -2.25. The van der Waals surface area contributed by atoms with Crippen molar-refractivity contribution in [2.24, 2.45) is 5.73 Å². The van der Waals surface area contributed by atoms with E-state index in [-0.39, 0.29) is 12.1 Å². The predicted octanol–water partition coefficient (Wildman–Crippen LogP) is -0.393. The van der Waals surface area contributed by atoms with Crippen LogP contribution in [0.3, 0.4) is 0 Å². The molecule has 3 N–H and O–H groups in total. The van der Waals surface area contributed by atoms with Crippen LogP contribution < -0.4 is 5.73 Å². The van der Waals surface area contributed by atoms with Crippen LogP contribution in [0, 0.1) is 0 Å². The zero-order valence-corrected chi connectivity index (χ0v) is 5.32. The maximum absolute atomic E-state index is 9.14. The van der Waals surface area contributed by atoms with Gasteiger partial charge in [-0.2, -0.15) is 0 Å². The second-order valence-electron chi connectivity index (χ2n) is 2.24. The van der Waals surface area contributed by atoms with Crippen molar-refractivity contribution in [3.8, 4) is 0 Å². The van der Waals surface area contributed by atoms with Crippen LogP contribution in [-0.2, 0) is 4.74 Å². The van der Waals surface area contributed by atoms with Crippen LogP contribution in [-0.4, -0.2) is 23.4 Å². The molecule has 0 saturated heterocycles. The summed E-state index contributed by atoms with van der Waals surface area (Å²) in [7, 11) is 0. The quantitative estimate of drug-likeness (QED) is 0.468. The van der Waals surface area contributed by atoms with Crippen LogP contribution in [0.4, 0.5) is 0 Å². The first-order chi connectivity index (χ1) is 4.22. The van der Waals surface area contributed by atoms with Crippen LogP contribution >= 0.6 is 0 Å². The highest BCUT2D eigenvalue weighted by atomic mass is 16.5. The van der Waals surface area contributed by atoms with Gasteiger partial charge < -0.3 is 15.6 Å². The molecule has 3 nitrogen and oxygen atoms in total. The van der Waals surface area contributed by atoms with Crippen molar-refractivity contribution in [2.45, 2.75) is 25.2 Å². The third kappa shape index (κ3) is 1.23. The number of aliphatic hydroxyl groups is 1. The Hall–Kier alpha value is -0.540. The Kier molecular flexibility index (Phi) is 1.73. The summed E-state index contributed by atoms with van der Waals surface area (Å²) in [5.41, 5.74) is 5.45. The first-order valence-electron chi connectivity index (χ1n) is 2.97. The number of hydrogen-bond acceptors (Lipinski definition) is 3. The van der Waals surface area contributed by atoms with Crippen molar-refractivity contribution in [2.75, 3.05) is 0 Å². The van der Waals surface area contributed by atoms with E-state index in [0.29, 0.717) is 0 Å². The number of rotatable bonds is 0. The minimum atomic E-state index is -0.560. The zero-order valence-electron chi connectivity index (χ0n) is 5.32. The van der Waals surface area contributed by atoms with E-state index >= 15 is 0 Å². The average Bonchev–Trinajstić information content (AvgIpc) is 1.83. The summed E-state index contributed by atoms with van der Waals surface area (Å²) in [5.74, 6) is 0. The van der Waals surface area contributed by atoms with Crippen LogP contribution in [0.2, 0.25) is 0 Å². The molecule has 0 aromatic rings. The molecule has 1 rings (SSSR count). The molecule has 1 aliphatic rings. The van der Waals surface area contributed by atoms with Gasteiger partial charge in [0.05, 0.1) is 12.3 Å². The average molecular weight is 129 g/mol. The van der Waals surface area contributed by atoms with Crippen molar-refractivity contribution in [1.82, 2.24) is 0 Å². The van der Waals surface area contributed by atoms with Crippen LogP contribution in [0.15, 0.2) is 12.3 Å². The summed E-state index contributed by atoms with van der Waals surface area (Å²) < 4.78 is 4.95. The second-order valence-corrected chi connectivity index (χ2v) is 2.24. The molecule has 1 heterocycles. The van der Waals surface area contributed by atoms with Gasteiger partial charge in [-0.05, 0) is 13.0 Å². The zero-order chi connectivity index (χ0) is 6.85. The molecule has 0 aromatic carbocycles. The van der Waals surface area contributed by atoms with Crippen LogP contribution in [0.1, 0.15) is 6.92 Å². The largest absolute Gasteiger partial charge is 0.496 e. The van der Waals surface area contributed by atoms with Crippen molar-refractivity contribution < 1.29 is 9.84 Å². The minimum absolute atomic E-state index is 0.176. The van der Waals surface area contributed by atoms with Crippen molar-refractivity contribution >= 4 is 0 Å². The van der Waals surface area contributed by atoms with Gasteiger partial charge in [0, 0.05) is 0 Å².